The van der Waals surface area contributed by atoms with Gasteiger partial charge in [0.1, 0.15) is 50.0 Å². The minimum absolute atomic E-state index is 0.121. The molecule has 0 radical (unpaired) electrons. The highest BCUT2D eigenvalue weighted by Gasteiger charge is 2.48. The molecule has 0 amide bonds. The van der Waals surface area contributed by atoms with Crippen LogP contribution < -0.4 is 28.7 Å². The Labute approximate surface area is 497 Å². The molecule has 0 saturated carbocycles. The van der Waals surface area contributed by atoms with E-state index in [0.29, 0.717) is 50.9 Å². The van der Waals surface area contributed by atoms with E-state index in [9.17, 15) is 9.13 Å². The minimum atomic E-state index is -2.80. The molecule has 2 atom stereocenters. The van der Waals surface area contributed by atoms with Gasteiger partial charge in [-0.1, -0.05) is 185 Å². The Morgan fingerprint density at radius 3 is 1.04 bits per heavy atom. The number of para-hydroxylation sites is 2. The Morgan fingerprint density at radius 1 is 0.427 bits per heavy atom. The van der Waals surface area contributed by atoms with Crippen LogP contribution in [0.5, 0.6) is 23.0 Å². The van der Waals surface area contributed by atoms with E-state index >= 15 is 0 Å². The first-order valence-corrected chi connectivity index (χ1v) is 34.2. The summed E-state index contributed by atoms with van der Waals surface area (Å²) < 4.78 is 68.1. The van der Waals surface area contributed by atoms with Crippen LogP contribution in [-0.4, -0.2) is 59.7 Å². The summed E-state index contributed by atoms with van der Waals surface area (Å²) in [6.45, 7) is 36.8. The first kappa shape index (κ1) is 68.1. The van der Waals surface area contributed by atoms with Crippen LogP contribution in [0.15, 0.2) is 109 Å². The first-order chi connectivity index (χ1) is 38.6. The molecule has 5 aromatic rings. The predicted octanol–water partition coefficient (Wildman–Crippen LogP) is 19.7. The van der Waals surface area contributed by atoms with Crippen molar-refractivity contribution in [2.45, 2.75) is 234 Å². The third-order valence-electron chi connectivity index (χ3n) is 16.5. The van der Waals surface area contributed by atoms with Gasteiger partial charge in [-0.25, -0.2) is 0 Å². The van der Waals surface area contributed by atoms with E-state index in [1.165, 1.54) is 0 Å². The number of anilines is 2. The van der Waals surface area contributed by atoms with Crippen LogP contribution in [0.2, 0.25) is 0 Å². The lowest BCUT2D eigenvalue weighted by atomic mass is 9.96. The predicted molar refractivity (Wildman–Crippen MR) is 347 cm³/mol. The SMILES string of the molecule is CCCC[C@@H](CC)OCc1cc(CN(Cc2ccccc2OC)c2ccc(OCP(=O)(C(C)(C)C)C(C)(C)C)cc2)c(CO[C@@H](CC)CCCC)cc1CN(Cc1ccccc1OC)c1ccc(OCP(=O)(C(C)(C)C)C(C)(C)C)cc1. The molecule has 12 heteroatoms. The molecule has 0 aliphatic heterocycles. The van der Waals surface area contributed by atoms with Gasteiger partial charge < -0.3 is 47.4 Å². The number of hydrogen-bond acceptors (Lipinski definition) is 10. The van der Waals surface area contributed by atoms with Gasteiger partial charge in [0, 0.05) is 69.3 Å². The molecular weight excluding hydrogens is 1060 g/mol. The van der Waals surface area contributed by atoms with Gasteiger partial charge in [-0.15, -0.1) is 0 Å². The van der Waals surface area contributed by atoms with Crippen LogP contribution in [0.25, 0.3) is 0 Å². The van der Waals surface area contributed by atoms with Gasteiger partial charge in [0.05, 0.1) is 39.6 Å². The standard InChI is InChI=1S/C70H106N2O8P2/c1-19-23-31-61(21-3)77-49-57-43-56(48-72(46-54-30-26-28-34-66(54)76-18)60-37-41-64(42-38-60)80-52-82(74,69(11,12)13)70(14,15)16)58(50-78-62(22-4)32-24-20-2)44-55(57)47-71(45-53-29-25-27-33-65(53)75-17)59-35-39-63(40-36-59)79-51-81(73,67(5,6)7)68(8,9)10/h25-30,33-44,61-62H,19-24,31-32,45-52H2,1-18H3/t61-,62+. The van der Waals surface area contributed by atoms with Crippen molar-refractivity contribution in [3.63, 3.8) is 0 Å². The van der Waals surface area contributed by atoms with E-state index in [4.69, 9.17) is 28.4 Å². The molecule has 0 spiro atoms. The van der Waals surface area contributed by atoms with Crippen LogP contribution in [0.1, 0.15) is 196 Å². The summed E-state index contributed by atoms with van der Waals surface area (Å²) in [7, 11) is -2.14. The minimum Gasteiger partial charge on any atom is -0.496 e. The fourth-order valence-electron chi connectivity index (χ4n) is 11.0. The van der Waals surface area contributed by atoms with Crippen molar-refractivity contribution in [2.75, 3.05) is 36.7 Å². The molecule has 0 aliphatic carbocycles. The molecule has 5 aromatic carbocycles. The van der Waals surface area contributed by atoms with Crippen LogP contribution in [-0.2, 0) is 58.0 Å². The largest absolute Gasteiger partial charge is 0.496 e. The number of methoxy groups -OCH3 is 2. The average Bonchev–Trinajstić information content (AvgIpc) is 3.61. The first-order valence-electron chi connectivity index (χ1n) is 30.4. The number of hydrogen-bond donors (Lipinski definition) is 0. The second-order valence-corrected chi connectivity index (χ2v) is 35.2. The Balaban J connectivity index is 1.69. The zero-order valence-corrected chi connectivity index (χ0v) is 55.7. The highest BCUT2D eigenvalue weighted by atomic mass is 31.2. The van der Waals surface area contributed by atoms with Crippen molar-refractivity contribution < 1.29 is 37.6 Å². The van der Waals surface area contributed by atoms with E-state index in [-0.39, 0.29) is 24.9 Å². The summed E-state index contributed by atoms with van der Waals surface area (Å²) in [4.78, 5) is 4.81. The maximum absolute atomic E-state index is 14.6. The lowest BCUT2D eigenvalue weighted by Crippen LogP contribution is -2.31. The number of nitrogens with zero attached hydrogens (tertiary/aromatic N) is 2. The van der Waals surface area contributed by atoms with Crippen molar-refractivity contribution >= 4 is 25.7 Å². The number of unbranched alkanes of at least 4 members (excludes halogenated alkanes) is 2. The van der Waals surface area contributed by atoms with Gasteiger partial charge in [-0.05, 0) is 109 Å². The smallest absolute Gasteiger partial charge is 0.142 e. The number of ether oxygens (including phenoxy) is 6. The van der Waals surface area contributed by atoms with E-state index < -0.39 is 34.9 Å². The molecule has 10 nitrogen and oxygen atoms in total. The van der Waals surface area contributed by atoms with E-state index in [0.717, 1.165) is 108 Å². The molecule has 0 unspecified atom stereocenters. The van der Waals surface area contributed by atoms with E-state index in [1.54, 1.807) is 14.2 Å². The zero-order chi connectivity index (χ0) is 60.5. The van der Waals surface area contributed by atoms with Gasteiger partial charge in [0.25, 0.3) is 0 Å². The van der Waals surface area contributed by atoms with Gasteiger partial charge in [-0.2, -0.15) is 0 Å². The molecule has 0 heterocycles. The lowest BCUT2D eigenvalue weighted by molar-refractivity contribution is 0.0292. The quantitative estimate of drug-likeness (QED) is 0.0387. The number of rotatable bonds is 32. The lowest BCUT2D eigenvalue weighted by Gasteiger charge is -2.40. The fourth-order valence-corrected chi connectivity index (χ4v) is 17.3. The molecule has 0 bridgehead atoms. The van der Waals surface area contributed by atoms with E-state index in [2.05, 4.69) is 181 Å². The maximum atomic E-state index is 14.6. The molecule has 0 saturated heterocycles. The second kappa shape index (κ2) is 30.4. The van der Waals surface area contributed by atoms with Crippen molar-refractivity contribution in [1.82, 2.24) is 0 Å². The molecule has 82 heavy (non-hydrogen) atoms. The van der Waals surface area contributed by atoms with Gasteiger partial charge in [0.2, 0.25) is 0 Å². The Kier molecular flexibility index (Phi) is 25.2. The highest BCUT2D eigenvalue weighted by Crippen LogP contribution is 2.67. The zero-order valence-electron chi connectivity index (χ0n) is 53.9. The third-order valence-corrected chi connectivity index (χ3v) is 26.2. The van der Waals surface area contributed by atoms with Gasteiger partial charge >= 0.3 is 0 Å². The molecular formula is C70H106N2O8P2. The van der Waals surface area contributed by atoms with Crippen LogP contribution in [0.3, 0.4) is 0 Å². The highest BCUT2D eigenvalue weighted by molar-refractivity contribution is 7.67. The van der Waals surface area contributed by atoms with Gasteiger partial charge in [0.15, 0.2) is 0 Å². The summed E-state index contributed by atoms with van der Waals surface area (Å²) >= 11 is 0. The summed E-state index contributed by atoms with van der Waals surface area (Å²) in [6.07, 6.45) is 8.85. The number of benzene rings is 5. The topological polar surface area (TPSA) is 96.0 Å². The third kappa shape index (κ3) is 18.1. The molecule has 0 aliphatic rings. The van der Waals surface area contributed by atoms with Crippen LogP contribution >= 0.6 is 14.3 Å². The summed E-state index contributed by atoms with van der Waals surface area (Å²) in [5.41, 5.74) is 8.71. The fraction of sp³-hybridized carbons (Fsp3) is 0.571. The van der Waals surface area contributed by atoms with E-state index in [1.807, 2.05) is 48.5 Å². The average molecular weight is 1170 g/mol. The molecule has 454 valence electrons. The van der Waals surface area contributed by atoms with Crippen LogP contribution in [0, 0.1) is 0 Å². The summed E-state index contributed by atoms with van der Waals surface area (Å²) in [6, 6.07) is 37.8. The van der Waals surface area contributed by atoms with Crippen molar-refractivity contribution in [3.05, 3.63) is 143 Å². The van der Waals surface area contributed by atoms with Crippen molar-refractivity contribution in [1.29, 1.82) is 0 Å². The Morgan fingerprint density at radius 2 is 0.744 bits per heavy atom. The summed E-state index contributed by atoms with van der Waals surface area (Å²) in [5.74, 6) is 3.02. The van der Waals surface area contributed by atoms with Crippen molar-refractivity contribution in [3.8, 4) is 23.0 Å². The summed E-state index contributed by atoms with van der Waals surface area (Å²) in [5, 5.41) is -1.67. The normalized spacial score (nSPS) is 13.4. The Bertz CT molecular complexity index is 2590. The maximum Gasteiger partial charge on any atom is 0.142 e. The van der Waals surface area contributed by atoms with Crippen LogP contribution in [0.4, 0.5) is 11.4 Å². The molecule has 0 aromatic heterocycles. The second-order valence-electron chi connectivity index (χ2n) is 26.4. The van der Waals surface area contributed by atoms with Gasteiger partial charge in [-0.3, -0.25) is 0 Å². The molecule has 0 N–H and O–H groups in total. The molecule has 5 rings (SSSR count). The monoisotopic (exact) mass is 1160 g/mol. The Hall–Kier alpha value is -4.72. The molecule has 0 fully saturated rings. The van der Waals surface area contributed by atoms with Crippen molar-refractivity contribution in [2.24, 2.45) is 0 Å².